The Bertz CT molecular complexity index is 1270. The van der Waals surface area contributed by atoms with E-state index in [1.165, 1.54) is 18.3 Å². The van der Waals surface area contributed by atoms with Crippen molar-refractivity contribution in [2.45, 2.75) is 24.4 Å². The molecule has 0 aliphatic rings. The van der Waals surface area contributed by atoms with Crippen LogP contribution < -0.4 is 5.32 Å². The van der Waals surface area contributed by atoms with E-state index < -0.39 is 10.8 Å². The molecule has 0 aliphatic heterocycles. The molecule has 0 saturated carbocycles. The second-order valence-corrected chi connectivity index (χ2v) is 8.30. The van der Waals surface area contributed by atoms with Gasteiger partial charge in [-0.25, -0.2) is 14.1 Å². The summed E-state index contributed by atoms with van der Waals surface area (Å²) in [5.74, 6) is -0.630. The van der Waals surface area contributed by atoms with Gasteiger partial charge in [-0.2, -0.15) is 5.10 Å². The maximum Gasteiger partial charge on any atom is 0.254 e. The van der Waals surface area contributed by atoms with E-state index >= 15 is 0 Å². The number of nitrogens with zero attached hydrogens (tertiary/aromatic N) is 4. The fraction of sp³-hybridized carbons (Fsp3) is 0.182. The first-order chi connectivity index (χ1) is 15.0. The van der Waals surface area contributed by atoms with E-state index in [-0.39, 0.29) is 17.8 Å². The number of pyridine rings is 2. The Kier molecular flexibility index (Phi) is 5.85. The molecular weight excluding hydrogens is 417 g/mol. The van der Waals surface area contributed by atoms with Crippen molar-refractivity contribution in [2.75, 3.05) is 6.26 Å². The van der Waals surface area contributed by atoms with Gasteiger partial charge in [0.1, 0.15) is 10.8 Å². The van der Waals surface area contributed by atoms with Gasteiger partial charge in [-0.3, -0.25) is 14.0 Å². The van der Waals surface area contributed by atoms with E-state index in [1.807, 2.05) is 6.92 Å². The molecule has 7 nitrogen and oxygen atoms in total. The normalized spacial score (nSPS) is 13.1. The lowest BCUT2D eigenvalue weighted by Gasteiger charge is -2.18. The number of halogens is 1. The third-order valence-electron chi connectivity index (χ3n) is 4.98. The van der Waals surface area contributed by atoms with Crippen molar-refractivity contribution >= 4 is 27.6 Å². The van der Waals surface area contributed by atoms with Crippen LogP contribution in [0, 0.1) is 5.82 Å². The number of hydrogen-bond donors (Lipinski definition) is 1. The van der Waals surface area contributed by atoms with Crippen molar-refractivity contribution in [1.82, 2.24) is 25.1 Å². The average Bonchev–Trinajstić information content (AvgIpc) is 3.22. The highest BCUT2D eigenvalue weighted by Gasteiger charge is 2.19. The minimum atomic E-state index is -1.21. The quantitative estimate of drug-likeness (QED) is 0.498. The Hall–Kier alpha value is -3.46. The third-order valence-corrected chi connectivity index (χ3v) is 5.79. The predicted octanol–water partition coefficient (Wildman–Crippen LogP) is 3.57. The molecule has 31 heavy (non-hydrogen) atoms. The molecule has 1 N–H and O–H groups in total. The second-order valence-electron chi connectivity index (χ2n) is 6.97. The fourth-order valence-corrected chi connectivity index (χ4v) is 3.88. The Balaban J connectivity index is 1.65. The number of carbonyl (C=O) groups is 1. The third kappa shape index (κ3) is 4.22. The highest BCUT2D eigenvalue weighted by atomic mass is 32.2. The smallest absolute Gasteiger partial charge is 0.254 e. The van der Waals surface area contributed by atoms with Gasteiger partial charge in [0, 0.05) is 24.0 Å². The number of carbonyl (C=O) groups excluding carboxylic acids is 1. The fourth-order valence-electron chi connectivity index (χ4n) is 3.37. The van der Waals surface area contributed by atoms with Crippen molar-refractivity contribution in [3.05, 3.63) is 78.1 Å². The van der Waals surface area contributed by atoms with Crippen molar-refractivity contribution < 1.29 is 13.4 Å². The molecule has 0 fully saturated rings. The number of benzene rings is 1. The standard InChI is InChI=1S/C22H20FN5O2S/c1-3-19(14-8-9-25-21(10-14)31(2)30)27-22(29)18-11-24-13-20-17(18)12-26-28(20)16-6-4-15(23)5-7-16/h4-13,19H,3H2,1-2H3,(H,27,29)/t19-,31+/m0/s1. The highest BCUT2D eigenvalue weighted by Crippen LogP contribution is 2.23. The first-order valence-electron chi connectivity index (χ1n) is 9.66. The average molecular weight is 438 g/mol. The molecule has 0 spiro atoms. The van der Waals surface area contributed by atoms with Gasteiger partial charge in [0.25, 0.3) is 5.91 Å². The number of nitrogens with one attached hydrogen (secondary N) is 1. The first kappa shape index (κ1) is 20.8. The summed E-state index contributed by atoms with van der Waals surface area (Å²) in [6, 6.07) is 9.20. The number of amides is 1. The van der Waals surface area contributed by atoms with E-state index in [0.29, 0.717) is 33.6 Å². The molecule has 4 aromatic rings. The summed E-state index contributed by atoms with van der Waals surface area (Å²) in [6.07, 6.45) is 8.52. The summed E-state index contributed by atoms with van der Waals surface area (Å²) < 4.78 is 26.6. The summed E-state index contributed by atoms with van der Waals surface area (Å²) in [7, 11) is -1.21. The largest absolute Gasteiger partial charge is 0.345 e. The van der Waals surface area contributed by atoms with Crippen LogP contribution in [0.15, 0.2) is 66.2 Å². The van der Waals surface area contributed by atoms with Gasteiger partial charge in [0.15, 0.2) is 0 Å². The van der Waals surface area contributed by atoms with Gasteiger partial charge in [0.2, 0.25) is 0 Å². The van der Waals surface area contributed by atoms with Crippen LogP contribution in [0.4, 0.5) is 4.39 Å². The molecule has 0 radical (unpaired) electrons. The lowest BCUT2D eigenvalue weighted by molar-refractivity contribution is 0.0937. The van der Waals surface area contributed by atoms with Crippen molar-refractivity contribution in [2.24, 2.45) is 0 Å². The second kappa shape index (κ2) is 8.73. The van der Waals surface area contributed by atoms with Crippen LogP contribution in [0.25, 0.3) is 16.6 Å². The molecule has 1 aromatic carbocycles. The summed E-state index contributed by atoms with van der Waals surface area (Å²) in [6.45, 7) is 1.96. The molecule has 2 atom stereocenters. The Morgan fingerprint density at radius 3 is 2.68 bits per heavy atom. The molecule has 0 bridgehead atoms. The lowest BCUT2D eigenvalue weighted by atomic mass is 10.1. The topological polar surface area (TPSA) is 89.8 Å². The van der Waals surface area contributed by atoms with Gasteiger partial charge >= 0.3 is 0 Å². The van der Waals surface area contributed by atoms with Gasteiger partial charge in [-0.1, -0.05) is 6.92 Å². The minimum absolute atomic E-state index is 0.278. The molecule has 3 heterocycles. The highest BCUT2D eigenvalue weighted by molar-refractivity contribution is 7.84. The van der Waals surface area contributed by atoms with Crippen molar-refractivity contribution in [1.29, 1.82) is 0 Å². The van der Waals surface area contributed by atoms with Crippen LogP contribution in [-0.2, 0) is 10.8 Å². The maximum atomic E-state index is 13.3. The van der Waals surface area contributed by atoms with E-state index in [1.54, 1.807) is 53.8 Å². The molecule has 0 aliphatic carbocycles. The van der Waals surface area contributed by atoms with Gasteiger partial charge in [0.05, 0.1) is 46.0 Å². The van der Waals surface area contributed by atoms with Crippen LogP contribution in [0.2, 0.25) is 0 Å². The first-order valence-corrected chi connectivity index (χ1v) is 11.2. The number of aromatic nitrogens is 4. The lowest BCUT2D eigenvalue weighted by Crippen LogP contribution is -2.28. The molecular formula is C22H20FN5O2S. The monoisotopic (exact) mass is 437 g/mol. The van der Waals surface area contributed by atoms with E-state index in [0.717, 1.165) is 5.56 Å². The van der Waals surface area contributed by atoms with Crippen molar-refractivity contribution in [3.8, 4) is 5.69 Å². The zero-order chi connectivity index (χ0) is 22.0. The molecule has 0 unspecified atom stereocenters. The number of fused-ring (bicyclic) bond motifs is 1. The molecule has 3 aromatic heterocycles. The van der Waals surface area contributed by atoms with Crippen molar-refractivity contribution in [3.63, 3.8) is 0 Å². The van der Waals surface area contributed by atoms with Gasteiger partial charge < -0.3 is 5.32 Å². The van der Waals surface area contributed by atoms with E-state index in [9.17, 15) is 13.4 Å². The Morgan fingerprint density at radius 1 is 1.19 bits per heavy atom. The van der Waals surface area contributed by atoms with Crippen LogP contribution >= 0.6 is 0 Å². The maximum absolute atomic E-state index is 13.3. The zero-order valence-electron chi connectivity index (χ0n) is 16.9. The van der Waals surface area contributed by atoms with E-state index in [4.69, 9.17) is 0 Å². The summed E-state index contributed by atoms with van der Waals surface area (Å²) in [5.41, 5.74) is 2.52. The molecule has 4 rings (SSSR count). The van der Waals surface area contributed by atoms with Crippen LogP contribution in [0.5, 0.6) is 0 Å². The Morgan fingerprint density at radius 2 is 1.97 bits per heavy atom. The molecule has 158 valence electrons. The van der Waals surface area contributed by atoms with Crippen LogP contribution in [-0.4, -0.2) is 36.1 Å². The SMILES string of the molecule is CC[C@H](NC(=O)c1cncc2c1cnn2-c1ccc(F)cc1)c1ccnc([S@@](C)=O)c1. The molecule has 1 amide bonds. The summed E-state index contributed by atoms with van der Waals surface area (Å²) >= 11 is 0. The van der Waals surface area contributed by atoms with Crippen LogP contribution in [0.1, 0.15) is 35.3 Å². The summed E-state index contributed by atoms with van der Waals surface area (Å²) in [4.78, 5) is 21.4. The zero-order valence-corrected chi connectivity index (χ0v) is 17.8. The predicted molar refractivity (Wildman–Crippen MR) is 116 cm³/mol. The molecule has 9 heteroatoms. The van der Waals surface area contributed by atoms with E-state index in [2.05, 4.69) is 20.4 Å². The molecule has 0 saturated heterocycles. The van der Waals surface area contributed by atoms with Crippen LogP contribution in [0.3, 0.4) is 0 Å². The Labute approximate surface area is 180 Å². The number of hydrogen-bond acceptors (Lipinski definition) is 5. The minimum Gasteiger partial charge on any atom is -0.345 e. The van der Waals surface area contributed by atoms with Gasteiger partial charge in [-0.15, -0.1) is 0 Å². The summed E-state index contributed by atoms with van der Waals surface area (Å²) in [5, 5.41) is 8.48. The van der Waals surface area contributed by atoms with Gasteiger partial charge in [-0.05, 0) is 48.4 Å². The number of rotatable bonds is 6.